The normalized spacial score (nSPS) is 20.0. The first-order valence-corrected chi connectivity index (χ1v) is 6.13. The van der Waals surface area contributed by atoms with Gasteiger partial charge in [-0.05, 0) is 38.4 Å². The first-order valence-electron chi connectivity index (χ1n) is 6.13. The van der Waals surface area contributed by atoms with Gasteiger partial charge >= 0.3 is 0 Å². The molecular formula is C13H18N4. The van der Waals surface area contributed by atoms with Crippen molar-refractivity contribution in [1.82, 2.24) is 10.3 Å². The van der Waals surface area contributed by atoms with Gasteiger partial charge in [-0.15, -0.1) is 0 Å². The van der Waals surface area contributed by atoms with Crippen LogP contribution in [0, 0.1) is 11.3 Å². The Kier molecular flexibility index (Phi) is 3.94. The maximum atomic E-state index is 9.13. The summed E-state index contributed by atoms with van der Waals surface area (Å²) >= 11 is 0. The SMILES string of the molecule is CNCC1CCCCN1c1ncccc1C#N. The molecule has 1 aliphatic heterocycles. The second kappa shape index (κ2) is 5.65. The van der Waals surface area contributed by atoms with E-state index in [0.29, 0.717) is 11.6 Å². The van der Waals surface area contributed by atoms with Crippen LogP contribution in [0.3, 0.4) is 0 Å². The standard InChI is InChI=1S/C13H18N4/c1-15-10-12-6-2-3-8-17(12)13-11(9-14)5-4-7-16-13/h4-5,7,12,15H,2-3,6,8,10H2,1H3. The number of hydrogen-bond acceptors (Lipinski definition) is 4. The second-order valence-electron chi connectivity index (χ2n) is 4.39. The highest BCUT2D eigenvalue weighted by atomic mass is 15.2. The molecule has 2 heterocycles. The smallest absolute Gasteiger partial charge is 0.146 e. The van der Waals surface area contributed by atoms with Crippen LogP contribution in [0.1, 0.15) is 24.8 Å². The second-order valence-corrected chi connectivity index (χ2v) is 4.39. The minimum Gasteiger partial charge on any atom is -0.351 e. The summed E-state index contributed by atoms with van der Waals surface area (Å²) in [5.74, 6) is 0.843. The first-order chi connectivity index (χ1) is 8.36. The molecule has 1 unspecified atom stereocenters. The van der Waals surface area contributed by atoms with Crippen LogP contribution in [0.2, 0.25) is 0 Å². The number of aromatic nitrogens is 1. The average Bonchev–Trinajstić information content (AvgIpc) is 2.40. The van der Waals surface area contributed by atoms with Crippen LogP contribution in [0.5, 0.6) is 0 Å². The summed E-state index contributed by atoms with van der Waals surface area (Å²) in [6.45, 7) is 1.94. The van der Waals surface area contributed by atoms with Crippen molar-refractivity contribution in [2.24, 2.45) is 0 Å². The number of anilines is 1. The summed E-state index contributed by atoms with van der Waals surface area (Å²) < 4.78 is 0. The Morgan fingerprint density at radius 1 is 1.59 bits per heavy atom. The minimum absolute atomic E-state index is 0.454. The molecule has 0 spiro atoms. The number of nitriles is 1. The fourth-order valence-corrected chi connectivity index (χ4v) is 2.44. The topological polar surface area (TPSA) is 52.0 Å². The molecule has 0 aliphatic carbocycles. The first kappa shape index (κ1) is 11.9. The summed E-state index contributed by atoms with van der Waals surface area (Å²) in [6.07, 6.45) is 5.38. The molecule has 1 aromatic rings. The Morgan fingerprint density at radius 3 is 3.24 bits per heavy atom. The lowest BCUT2D eigenvalue weighted by Gasteiger charge is -2.37. The van der Waals surface area contributed by atoms with E-state index in [-0.39, 0.29) is 0 Å². The van der Waals surface area contributed by atoms with Gasteiger partial charge in [0.15, 0.2) is 0 Å². The summed E-state index contributed by atoms with van der Waals surface area (Å²) in [7, 11) is 1.97. The Balaban J connectivity index is 2.26. The number of pyridine rings is 1. The fraction of sp³-hybridized carbons (Fsp3) is 0.538. The third-order valence-electron chi connectivity index (χ3n) is 3.25. The molecule has 0 bridgehead atoms. The lowest BCUT2D eigenvalue weighted by atomic mass is 10.0. The molecule has 1 fully saturated rings. The van der Waals surface area contributed by atoms with E-state index in [4.69, 9.17) is 5.26 Å². The maximum absolute atomic E-state index is 9.13. The zero-order valence-electron chi connectivity index (χ0n) is 10.2. The minimum atomic E-state index is 0.454. The van der Waals surface area contributed by atoms with E-state index in [2.05, 4.69) is 21.3 Å². The third-order valence-corrected chi connectivity index (χ3v) is 3.25. The molecule has 4 heteroatoms. The van der Waals surface area contributed by atoms with Gasteiger partial charge in [0.05, 0.1) is 5.56 Å². The fourth-order valence-electron chi connectivity index (χ4n) is 2.44. The van der Waals surface area contributed by atoms with Crippen molar-refractivity contribution in [2.45, 2.75) is 25.3 Å². The summed E-state index contributed by atoms with van der Waals surface area (Å²) in [6, 6.07) is 6.34. The molecule has 1 atom stereocenters. The van der Waals surface area contributed by atoms with Crippen LogP contribution < -0.4 is 10.2 Å². The molecule has 1 aliphatic rings. The van der Waals surface area contributed by atoms with Gasteiger partial charge in [-0.1, -0.05) is 0 Å². The van der Waals surface area contributed by atoms with Gasteiger partial charge in [-0.25, -0.2) is 4.98 Å². The van der Waals surface area contributed by atoms with E-state index >= 15 is 0 Å². The van der Waals surface area contributed by atoms with Crippen LogP contribution in [0.25, 0.3) is 0 Å². The summed E-state index contributed by atoms with van der Waals surface area (Å²) in [5.41, 5.74) is 0.676. The van der Waals surface area contributed by atoms with Crippen molar-refractivity contribution in [1.29, 1.82) is 5.26 Å². The maximum Gasteiger partial charge on any atom is 0.146 e. The third kappa shape index (κ3) is 2.56. The highest BCUT2D eigenvalue weighted by molar-refractivity contribution is 5.54. The van der Waals surface area contributed by atoms with Crippen molar-refractivity contribution in [3.05, 3.63) is 23.9 Å². The largest absolute Gasteiger partial charge is 0.351 e. The van der Waals surface area contributed by atoms with E-state index < -0.39 is 0 Å². The van der Waals surface area contributed by atoms with Gasteiger partial charge in [0.25, 0.3) is 0 Å². The van der Waals surface area contributed by atoms with Crippen molar-refractivity contribution >= 4 is 5.82 Å². The van der Waals surface area contributed by atoms with Crippen LogP contribution in [0.4, 0.5) is 5.82 Å². The lowest BCUT2D eigenvalue weighted by Crippen LogP contribution is -2.45. The Morgan fingerprint density at radius 2 is 2.47 bits per heavy atom. The molecule has 0 radical (unpaired) electrons. The monoisotopic (exact) mass is 230 g/mol. The molecule has 1 saturated heterocycles. The van der Waals surface area contributed by atoms with Gasteiger partial charge in [-0.2, -0.15) is 5.26 Å². The van der Waals surface area contributed by atoms with Crippen LogP contribution >= 0.6 is 0 Å². The van der Waals surface area contributed by atoms with Gasteiger partial charge in [0.2, 0.25) is 0 Å². The number of nitrogens with one attached hydrogen (secondary N) is 1. The molecule has 2 rings (SSSR count). The highest BCUT2D eigenvalue weighted by Crippen LogP contribution is 2.25. The number of nitrogens with zero attached hydrogens (tertiary/aromatic N) is 3. The van der Waals surface area contributed by atoms with Crippen molar-refractivity contribution in [3.8, 4) is 6.07 Å². The van der Waals surface area contributed by atoms with Gasteiger partial charge in [-0.3, -0.25) is 0 Å². The average molecular weight is 230 g/mol. The summed E-state index contributed by atoms with van der Waals surface area (Å²) in [4.78, 5) is 6.66. The zero-order chi connectivity index (χ0) is 12.1. The van der Waals surface area contributed by atoms with E-state index in [1.807, 2.05) is 19.2 Å². The molecule has 90 valence electrons. The molecule has 0 saturated carbocycles. The van der Waals surface area contributed by atoms with Gasteiger partial charge < -0.3 is 10.2 Å². The van der Waals surface area contributed by atoms with Gasteiger partial charge in [0.1, 0.15) is 11.9 Å². The predicted molar refractivity (Wildman–Crippen MR) is 67.9 cm³/mol. The van der Waals surface area contributed by atoms with Crippen molar-refractivity contribution in [3.63, 3.8) is 0 Å². The van der Waals surface area contributed by atoms with Crippen LogP contribution in [-0.4, -0.2) is 31.2 Å². The predicted octanol–water partition coefficient (Wildman–Crippen LogP) is 1.53. The van der Waals surface area contributed by atoms with Crippen molar-refractivity contribution < 1.29 is 0 Å². The van der Waals surface area contributed by atoms with E-state index in [1.54, 1.807) is 6.20 Å². The lowest BCUT2D eigenvalue weighted by molar-refractivity contribution is 0.443. The highest BCUT2D eigenvalue weighted by Gasteiger charge is 2.24. The van der Waals surface area contributed by atoms with E-state index in [9.17, 15) is 0 Å². The Hall–Kier alpha value is -1.60. The van der Waals surface area contributed by atoms with E-state index in [0.717, 1.165) is 18.9 Å². The molecule has 4 nitrogen and oxygen atoms in total. The number of hydrogen-bond donors (Lipinski definition) is 1. The van der Waals surface area contributed by atoms with Gasteiger partial charge in [0, 0.05) is 25.3 Å². The Labute approximate surface area is 102 Å². The quantitative estimate of drug-likeness (QED) is 0.855. The zero-order valence-corrected chi connectivity index (χ0v) is 10.2. The molecule has 1 aromatic heterocycles. The molecular weight excluding hydrogens is 212 g/mol. The number of rotatable bonds is 3. The summed E-state index contributed by atoms with van der Waals surface area (Å²) in [5, 5.41) is 12.4. The van der Waals surface area contributed by atoms with Crippen LogP contribution in [-0.2, 0) is 0 Å². The van der Waals surface area contributed by atoms with E-state index in [1.165, 1.54) is 19.3 Å². The number of likely N-dealkylation sites (N-methyl/N-ethyl adjacent to an activating group) is 1. The number of piperidine rings is 1. The van der Waals surface area contributed by atoms with Crippen molar-refractivity contribution in [2.75, 3.05) is 25.0 Å². The molecule has 0 amide bonds. The molecule has 17 heavy (non-hydrogen) atoms. The molecule has 0 aromatic carbocycles. The Bertz CT molecular complexity index is 408. The molecule has 1 N–H and O–H groups in total. The van der Waals surface area contributed by atoms with Crippen LogP contribution in [0.15, 0.2) is 18.3 Å².